The number of unbranched alkanes of at least 4 members (excludes halogenated alkanes) is 2. The van der Waals surface area contributed by atoms with Crippen LogP contribution in [0.25, 0.3) is 6.08 Å². The molecule has 0 saturated heterocycles. The second-order valence-electron chi connectivity index (χ2n) is 5.69. The molecule has 0 fully saturated rings. The van der Waals surface area contributed by atoms with Gasteiger partial charge in [-0.15, -0.1) is 0 Å². The molecule has 0 saturated carbocycles. The highest BCUT2D eigenvalue weighted by atomic mass is 16.2. The van der Waals surface area contributed by atoms with E-state index in [2.05, 4.69) is 11.9 Å². The summed E-state index contributed by atoms with van der Waals surface area (Å²) in [6.07, 6.45) is 7.07. The van der Waals surface area contributed by atoms with Crippen LogP contribution in [-0.4, -0.2) is 29.2 Å². The highest BCUT2D eigenvalue weighted by Gasteiger charge is 2.22. The first-order chi connectivity index (χ1) is 11.6. The van der Waals surface area contributed by atoms with E-state index >= 15 is 0 Å². The zero-order valence-electron chi connectivity index (χ0n) is 13.7. The summed E-state index contributed by atoms with van der Waals surface area (Å²) in [6, 6.07) is 7.86. The first-order valence-electron chi connectivity index (χ1n) is 8.12. The summed E-state index contributed by atoms with van der Waals surface area (Å²) in [5, 5.41) is 2.89. The maximum atomic E-state index is 11.8. The van der Waals surface area contributed by atoms with Gasteiger partial charge in [0.15, 0.2) is 0 Å². The van der Waals surface area contributed by atoms with E-state index in [1.165, 1.54) is 17.1 Å². The highest BCUT2D eigenvalue weighted by Crippen LogP contribution is 2.08. The van der Waals surface area contributed by atoms with E-state index in [-0.39, 0.29) is 17.7 Å². The van der Waals surface area contributed by atoms with E-state index in [1.807, 2.05) is 24.3 Å². The van der Waals surface area contributed by atoms with Crippen molar-refractivity contribution in [3.05, 3.63) is 54.1 Å². The largest absolute Gasteiger partial charge is 0.352 e. The number of hydrogen-bond donors (Lipinski definition) is 1. The van der Waals surface area contributed by atoms with Gasteiger partial charge in [0.05, 0.1) is 0 Å². The second kappa shape index (κ2) is 8.82. The molecule has 0 spiro atoms. The smallest absolute Gasteiger partial charge is 0.253 e. The highest BCUT2D eigenvalue weighted by molar-refractivity contribution is 6.12. The molecule has 1 aliphatic rings. The van der Waals surface area contributed by atoms with Crippen molar-refractivity contribution in [2.75, 3.05) is 6.54 Å². The van der Waals surface area contributed by atoms with Gasteiger partial charge in [-0.25, -0.2) is 0 Å². The Hall–Kier alpha value is -2.69. The van der Waals surface area contributed by atoms with Crippen molar-refractivity contribution in [3.63, 3.8) is 0 Å². The van der Waals surface area contributed by atoms with Crippen molar-refractivity contribution in [2.24, 2.45) is 0 Å². The number of hydrogen-bond acceptors (Lipinski definition) is 3. The fraction of sp³-hybridized carbons (Fsp3) is 0.316. The number of nitrogens with one attached hydrogen (secondary N) is 1. The molecule has 5 nitrogen and oxygen atoms in total. The van der Waals surface area contributed by atoms with Crippen LogP contribution in [0.1, 0.15) is 36.8 Å². The lowest BCUT2D eigenvalue weighted by molar-refractivity contribution is -0.136. The summed E-state index contributed by atoms with van der Waals surface area (Å²) in [4.78, 5) is 35.8. The van der Waals surface area contributed by atoms with E-state index in [0.29, 0.717) is 19.5 Å². The van der Waals surface area contributed by atoms with Crippen molar-refractivity contribution < 1.29 is 14.4 Å². The summed E-state index contributed by atoms with van der Waals surface area (Å²) < 4.78 is 0. The van der Waals surface area contributed by atoms with Crippen LogP contribution >= 0.6 is 0 Å². The van der Waals surface area contributed by atoms with Gasteiger partial charge in [-0.1, -0.05) is 43.3 Å². The number of imide groups is 1. The number of nitrogens with zero attached hydrogens (tertiary/aromatic N) is 1. The number of amides is 3. The van der Waals surface area contributed by atoms with Crippen LogP contribution in [0.3, 0.4) is 0 Å². The van der Waals surface area contributed by atoms with Crippen LogP contribution < -0.4 is 5.32 Å². The topological polar surface area (TPSA) is 66.5 Å². The number of benzene rings is 1. The summed E-state index contributed by atoms with van der Waals surface area (Å²) in [7, 11) is 0. The first-order valence-corrected chi connectivity index (χ1v) is 8.12. The second-order valence-corrected chi connectivity index (χ2v) is 5.69. The Morgan fingerprint density at radius 3 is 2.33 bits per heavy atom. The Balaban J connectivity index is 1.57. The number of rotatable bonds is 9. The summed E-state index contributed by atoms with van der Waals surface area (Å²) in [6.45, 7) is 4.63. The van der Waals surface area contributed by atoms with Gasteiger partial charge < -0.3 is 5.32 Å². The minimum Gasteiger partial charge on any atom is -0.352 e. The standard InChI is InChI=1S/C19H22N2O3/c1-2-15-7-9-16(10-8-15)14-20-17(22)6-4-3-5-13-21-18(23)11-12-19(21)24/h2,7-12H,1,3-6,13-14H2,(H,20,22). The van der Waals surface area contributed by atoms with Crippen LogP contribution in [0.2, 0.25) is 0 Å². The molecule has 0 bridgehead atoms. The van der Waals surface area contributed by atoms with Crippen molar-refractivity contribution in [1.82, 2.24) is 10.2 Å². The monoisotopic (exact) mass is 326 g/mol. The van der Waals surface area contributed by atoms with Gasteiger partial charge >= 0.3 is 0 Å². The molecular weight excluding hydrogens is 304 g/mol. The molecule has 126 valence electrons. The Kier molecular flexibility index (Phi) is 6.49. The zero-order chi connectivity index (χ0) is 17.4. The molecule has 0 aromatic heterocycles. The molecule has 5 heteroatoms. The molecule has 1 aromatic carbocycles. The molecular formula is C19H22N2O3. The van der Waals surface area contributed by atoms with Gasteiger partial charge in [-0.05, 0) is 24.0 Å². The SMILES string of the molecule is C=Cc1ccc(CNC(=O)CCCCCN2C(=O)C=CC2=O)cc1. The molecule has 1 aromatic rings. The molecule has 0 radical (unpaired) electrons. The first kappa shape index (κ1) is 17.7. The van der Waals surface area contributed by atoms with Crippen molar-refractivity contribution in [2.45, 2.75) is 32.2 Å². The van der Waals surface area contributed by atoms with Crippen LogP contribution in [0.5, 0.6) is 0 Å². The Morgan fingerprint density at radius 2 is 1.71 bits per heavy atom. The lowest BCUT2D eigenvalue weighted by Gasteiger charge is -2.13. The molecule has 1 N–H and O–H groups in total. The molecule has 2 rings (SSSR count). The third-order valence-electron chi connectivity index (χ3n) is 3.89. The predicted octanol–water partition coefficient (Wildman–Crippen LogP) is 2.43. The molecule has 0 atom stereocenters. The maximum Gasteiger partial charge on any atom is 0.253 e. The Labute approximate surface area is 142 Å². The summed E-state index contributed by atoms with van der Waals surface area (Å²) >= 11 is 0. The third kappa shape index (κ3) is 5.19. The van der Waals surface area contributed by atoms with Crippen LogP contribution in [0.4, 0.5) is 0 Å². The normalized spacial score (nSPS) is 13.4. The lowest BCUT2D eigenvalue weighted by atomic mass is 10.1. The Morgan fingerprint density at radius 1 is 1.04 bits per heavy atom. The third-order valence-corrected chi connectivity index (χ3v) is 3.89. The minimum absolute atomic E-state index is 0.0118. The molecule has 3 amide bonds. The van der Waals surface area contributed by atoms with Gasteiger partial charge in [0.25, 0.3) is 11.8 Å². The fourth-order valence-corrected chi connectivity index (χ4v) is 2.44. The fourth-order valence-electron chi connectivity index (χ4n) is 2.44. The number of carbonyl (C=O) groups excluding carboxylic acids is 3. The lowest BCUT2D eigenvalue weighted by Crippen LogP contribution is -2.30. The summed E-state index contributed by atoms with van der Waals surface area (Å²) in [5.74, 6) is -0.488. The molecule has 1 aliphatic heterocycles. The maximum absolute atomic E-state index is 11.8. The predicted molar refractivity (Wildman–Crippen MR) is 92.7 cm³/mol. The number of carbonyl (C=O) groups is 3. The average Bonchev–Trinajstić information content (AvgIpc) is 2.92. The quantitative estimate of drug-likeness (QED) is 0.560. The van der Waals surface area contributed by atoms with E-state index in [9.17, 15) is 14.4 Å². The van der Waals surface area contributed by atoms with Crippen molar-refractivity contribution >= 4 is 23.8 Å². The zero-order valence-corrected chi connectivity index (χ0v) is 13.7. The van der Waals surface area contributed by atoms with E-state index in [1.54, 1.807) is 6.08 Å². The molecule has 24 heavy (non-hydrogen) atoms. The van der Waals surface area contributed by atoms with Crippen LogP contribution in [-0.2, 0) is 20.9 Å². The molecule has 0 aliphatic carbocycles. The molecule has 0 unspecified atom stereocenters. The van der Waals surface area contributed by atoms with Gasteiger partial charge in [0.1, 0.15) is 0 Å². The van der Waals surface area contributed by atoms with Gasteiger partial charge in [0.2, 0.25) is 5.91 Å². The van der Waals surface area contributed by atoms with Crippen molar-refractivity contribution in [3.8, 4) is 0 Å². The van der Waals surface area contributed by atoms with Gasteiger partial charge in [-0.2, -0.15) is 0 Å². The van der Waals surface area contributed by atoms with E-state index < -0.39 is 0 Å². The van der Waals surface area contributed by atoms with Crippen LogP contribution in [0.15, 0.2) is 43.0 Å². The van der Waals surface area contributed by atoms with Gasteiger partial charge in [0, 0.05) is 31.7 Å². The van der Waals surface area contributed by atoms with Crippen LogP contribution in [0, 0.1) is 0 Å². The van der Waals surface area contributed by atoms with Gasteiger partial charge in [-0.3, -0.25) is 19.3 Å². The summed E-state index contributed by atoms with van der Waals surface area (Å²) in [5.41, 5.74) is 2.10. The van der Waals surface area contributed by atoms with Crippen molar-refractivity contribution in [1.29, 1.82) is 0 Å². The van der Waals surface area contributed by atoms with E-state index in [4.69, 9.17) is 0 Å². The Bertz CT molecular complexity index is 629. The van der Waals surface area contributed by atoms with E-state index in [0.717, 1.165) is 30.4 Å². The average molecular weight is 326 g/mol. The minimum atomic E-state index is -0.250. The molecule has 1 heterocycles.